The first kappa shape index (κ1) is 8.78. The molecule has 0 saturated heterocycles. The first-order valence-electron chi connectivity index (χ1n) is 4.16. The van der Waals surface area contributed by atoms with Crippen LogP contribution in [0.1, 0.15) is 5.56 Å². The Morgan fingerprint density at radius 1 is 1.46 bits per heavy atom. The zero-order chi connectivity index (χ0) is 9.42. The number of nitrogens with zero attached hydrogens (tertiary/aromatic N) is 1. The summed E-state index contributed by atoms with van der Waals surface area (Å²) in [5.41, 5.74) is 8.07. The molecule has 1 heterocycles. The van der Waals surface area contributed by atoms with E-state index in [0.717, 1.165) is 4.47 Å². The summed E-state index contributed by atoms with van der Waals surface area (Å²) in [6.07, 6.45) is 2.06. The van der Waals surface area contributed by atoms with E-state index in [2.05, 4.69) is 38.8 Å². The van der Waals surface area contributed by atoms with Gasteiger partial charge in [-0.1, -0.05) is 18.2 Å². The van der Waals surface area contributed by atoms with Crippen molar-refractivity contribution in [3.05, 3.63) is 34.4 Å². The summed E-state index contributed by atoms with van der Waals surface area (Å²) >= 11 is 3.52. The molecule has 2 rings (SSSR count). The summed E-state index contributed by atoms with van der Waals surface area (Å²) in [6, 6.07) is 6.20. The predicted octanol–water partition coefficient (Wildman–Crippen LogP) is 2.40. The van der Waals surface area contributed by atoms with Gasteiger partial charge in [-0.25, -0.2) is 0 Å². The van der Waals surface area contributed by atoms with Crippen LogP contribution in [0.5, 0.6) is 0 Å². The number of fused-ring (bicyclic) bond motifs is 1. The lowest BCUT2D eigenvalue weighted by Crippen LogP contribution is -1.99. The van der Waals surface area contributed by atoms with E-state index in [0.29, 0.717) is 6.54 Å². The van der Waals surface area contributed by atoms with E-state index in [1.54, 1.807) is 0 Å². The van der Waals surface area contributed by atoms with Gasteiger partial charge < -0.3 is 10.3 Å². The summed E-state index contributed by atoms with van der Waals surface area (Å²) in [7, 11) is 2.03. The Morgan fingerprint density at radius 2 is 2.23 bits per heavy atom. The Bertz CT molecular complexity index is 445. The van der Waals surface area contributed by atoms with Crippen molar-refractivity contribution >= 4 is 26.8 Å². The Labute approximate surface area is 85.5 Å². The van der Waals surface area contributed by atoms with Gasteiger partial charge in [0.15, 0.2) is 0 Å². The molecule has 13 heavy (non-hydrogen) atoms. The molecule has 1 aromatic carbocycles. The number of para-hydroxylation sites is 1. The van der Waals surface area contributed by atoms with Crippen LogP contribution in [0.15, 0.2) is 28.9 Å². The van der Waals surface area contributed by atoms with E-state index in [1.165, 1.54) is 16.5 Å². The van der Waals surface area contributed by atoms with Crippen LogP contribution in [0, 0.1) is 0 Å². The van der Waals surface area contributed by atoms with Crippen LogP contribution in [-0.4, -0.2) is 4.57 Å². The molecule has 2 nitrogen and oxygen atoms in total. The minimum atomic E-state index is 0.585. The first-order valence-corrected chi connectivity index (χ1v) is 4.96. The van der Waals surface area contributed by atoms with Crippen molar-refractivity contribution in [3.63, 3.8) is 0 Å². The van der Waals surface area contributed by atoms with E-state index in [9.17, 15) is 0 Å². The highest BCUT2D eigenvalue weighted by Gasteiger charge is 2.06. The van der Waals surface area contributed by atoms with Gasteiger partial charge in [0, 0.05) is 29.6 Å². The third-order valence-electron chi connectivity index (χ3n) is 2.26. The molecule has 0 spiro atoms. The van der Waals surface area contributed by atoms with Crippen LogP contribution >= 0.6 is 15.9 Å². The molecule has 0 aliphatic rings. The highest BCUT2D eigenvalue weighted by molar-refractivity contribution is 9.10. The summed E-state index contributed by atoms with van der Waals surface area (Å²) in [5.74, 6) is 0. The summed E-state index contributed by atoms with van der Waals surface area (Å²) < 4.78 is 3.22. The van der Waals surface area contributed by atoms with Crippen molar-refractivity contribution < 1.29 is 0 Å². The number of halogens is 1. The molecule has 0 radical (unpaired) electrons. The van der Waals surface area contributed by atoms with Gasteiger partial charge in [-0.2, -0.15) is 0 Å². The topological polar surface area (TPSA) is 30.9 Å². The fourth-order valence-corrected chi connectivity index (χ4v) is 2.30. The molecule has 0 atom stereocenters. The average molecular weight is 239 g/mol. The predicted molar refractivity (Wildman–Crippen MR) is 58.5 cm³/mol. The van der Waals surface area contributed by atoms with Gasteiger partial charge >= 0.3 is 0 Å². The van der Waals surface area contributed by atoms with E-state index < -0.39 is 0 Å². The molecular formula is C10H11BrN2. The maximum Gasteiger partial charge on any atom is 0.0535 e. The van der Waals surface area contributed by atoms with Gasteiger partial charge in [-0.3, -0.25) is 0 Å². The molecule has 2 N–H and O–H groups in total. The van der Waals surface area contributed by atoms with Crippen molar-refractivity contribution in [2.45, 2.75) is 6.54 Å². The zero-order valence-electron chi connectivity index (χ0n) is 7.42. The van der Waals surface area contributed by atoms with Crippen LogP contribution in [0.4, 0.5) is 0 Å². The van der Waals surface area contributed by atoms with Gasteiger partial charge in [-0.05, 0) is 21.5 Å². The molecule has 1 aromatic heterocycles. The Morgan fingerprint density at radius 3 is 2.92 bits per heavy atom. The van der Waals surface area contributed by atoms with Crippen LogP contribution < -0.4 is 5.73 Å². The molecule has 2 aromatic rings. The maximum atomic E-state index is 5.67. The van der Waals surface area contributed by atoms with Gasteiger partial charge in [0.2, 0.25) is 0 Å². The summed E-state index contributed by atoms with van der Waals surface area (Å²) in [5, 5.41) is 1.23. The van der Waals surface area contributed by atoms with E-state index in [4.69, 9.17) is 5.73 Å². The molecule has 68 valence electrons. The molecule has 3 heteroatoms. The quantitative estimate of drug-likeness (QED) is 0.813. The minimum absolute atomic E-state index is 0.585. The maximum absolute atomic E-state index is 5.67. The van der Waals surface area contributed by atoms with Crippen molar-refractivity contribution in [1.29, 1.82) is 0 Å². The second-order valence-corrected chi connectivity index (χ2v) is 3.96. The number of benzene rings is 1. The monoisotopic (exact) mass is 238 g/mol. The van der Waals surface area contributed by atoms with E-state index in [-0.39, 0.29) is 0 Å². The normalized spacial score (nSPS) is 11.0. The largest absolute Gasteiger partial charge is 0.349 e. The fraction of sp³-hybridized carbons (Fsp3) is 0.200. The Balaban J connectivity index is 2.88. The van der Waals surface area contributed by atoms with Crippen molar-refractivity contribution in [1.82, 2.24) is 4.57 Å². The van der Waals surface area contributed by atoms with Crippen molar-refractivity contribution in [2.75, 3.05) is 0 Å². The Kier molecular flexibility index (Phi) is 2.14. The summed E-state index contributed by atoms with van der Waals surface area (Å²) in [4.78, 5) is 0. The van der Waals surface area contributed by atoms with Gasteiger partial charge in [0.1, 0.15) is 0 Å². The molecule has 0 aliphatic carbocycles. The van der Waals surface area contributed by atoms with Gasteiger partial charge in [0.05, 0.1) is 5.52 Å². The number of nitrogens with two attached hydrogens (primary N) is 1. The number of aryl methyl sites for hydroxylation is 1. The molecule has 0 amide bonds. The Hall–Kier alpha value is -0.800. The minimum Gasteiger partial charge on any atom is -0.349 e. The van der Waals surface area contributed by atoms with Crippen molar-refractivity contribution in [2.24, 2.45) is 12.8 Å². The standard InChI is InChI=1S/C10H11BrN2/c1-13-6-9(11)8-4-2-3-7(5-12)10(8)13/h2-4,6H,5,12H2,1H3. The number of hydrogen-bond donors (Lipinski definition) is 1. The second-order valence-electron chi connectivity index (χ2n) is 3.11. The SMILES string of the molecule is Cn1cc(Br)c2cccc(CN)c21. The van der Waals surface area contributed by atoms with Gasteiger partial charge in [0.25, 0.3) is 0 Å². The summed E-state index contributed by atoms with van der Waals surface area (Å²) in [6.45, 7) is 0.585. The highest BCUT2D eigenvalue weighted by Crippen LogP contribution is 2.27. The third kappa shape index (κ3) is 1.28. The smallest absolute Gasteiger partial charge is 0.0535 e. The first-order chi connectivity index (χ1) is 6.24. The molecule has 0 bridgehead atoms. The molecule has 0 unspecified atom stereocenters. The molecule has 0 aliphatic heterocycles. The lowest BCUT2D eigenvalue weighted by Gasteiger charge is -2.02. The lowest BCUT2D eigenvalue weighted by atomic mass is 10.1. The zero-order valence-corrected chi connectivity index (χ0v) is 9.01. The van der Waals surface area contributed by atoms with Crippen LogP contribution in [0.25, 0.3) is 10.9 Å². The van der Waals surface area contributed by atoms with Crippen molar-refractivity contribution in [3.8, 4) is 0 Å². The van der Waals surface area contributed by atoms with Crippen LogP contribution in [0.2, 0.25) is 0 Å². The number of hydrogen-bond acceptors (Lipinski definition) is 1. The molecule has 0 saturated carbocycles. The average Bonchev–Trinajstić information content (AvgIpc) is 2.43. The fourth-order valence-electron chi connectivity index (χ4n) is 1.67. The van der Waals surface area contributed by atoms with Gasteiger partial charge in [-0.15, -0.1) is 0 Å². The number of rotatable bonds is 1. The van der Waals surface area contributed by atoms with Crippen LogP contribution in [-0.2, 0) is 13.6 Å². The second kappa shape index (κ2) is 3.16. The van der Waals surface area contributed by atoms with Crippen LogP contribution in [0.3, 0.4) is 0 Å². The number of aromatic nitrogens is 1. The van der Waals surface area contributed by atoms with E-state index >= 15 is 0 Å². The molecule has 0 fully saturated rings. The lowest BCUT2D eigenvalue weighted by molar-refractivity contribution is 0.947. The van der Waals surface area contributed by atoms with E-state index in [1.807, 2.05) is 13.1 Å². The molecular weight excluding hydrogens is 228 g/mol. The highest BCUT2D eigenvalue weighted by atomic mass is 79.9. The third-order valence-corrected chi connectivity index (χ3v) is 2.89.